The molecule has 2 aromatic heterocycles. The third-order valence-corrected chi connectivity index (χ3v) is 5.02. The van der Waals surface area contributed by atoms with E-state index in [-0.39, 0.29) is 18.0 Å². The van der Waals surface area contributed by atoms with Crippen LogP contribution in [0.15, 0.2) is 65.4 Å². The van der Waals surface area contributed by atoms with Crippen LogP contribution in [-0.4, -0.2) is 23.1 Å². The lowest BCUT2D eigenvalue weighted by Crippen LogP contribution is -2.29. The minimum atomic E-state index is -0.244. The summed E-state index contributed by atoms with van der Waals surface area (Å²) < 4.78 is 11.1. The van der Waals surface area contributed by atoms with Gasteiger partial charge in [-0.1, -0.05) is 6.07 Å². The van der Waals surface area contributed by atoms with Gasteiger partial charge in [-0.15, -0.1) is 0 Å². The maximum absolute atomic E-state index is 11.6. The van der Waals surface area contributed by atoms with Crippen LogP contribution in [0, 0.1) is 0 Å². The van der Waals surface area contributed by atoms with Crippen molar-refractivity contribution in [2.45, 2.75) is 19.0 Å². The predicted molar refractivity (Wildman–Crippen MR) is 114 cm³/mol. The number of hydrogen-bond donors (Lipinski definition) is 2. The minimum absolute atomic E-state index is 0.184. The fraction of sp³-hybridized carbons (Fsp3) is 0.190. The molecule has 1 aliphatic heterocycles. The molecule has 2 atom stereocenters. The van der Waals surface area contributed by atoms with Crippen molar-refractivity contribution >= 4 is 34.6 Å². The summed E-state index contributed by atoms with van der Waals surface area (Å²) in [6, 6.07) is 14.6. The highest BCUT2D eigenvalue weighted by atomic mass is 32.1. The molecule has 2 N–H and O–H groups in total. The van der Waals surface area contributed by atoms with Gasteiger partial charge >= 0.3 is 0 Å². The number of carbonyl (C=O) groups excluding carboxylic acids is 1. The average Bonchev–Trinajstić information content (AvgIpc) is 3.35. The van der Waals surface area contributed by atoms with Gasteiger partial charge in [0, 0.05) is 18.8 Å². The molecule has 7 nitrogen and oxygen atoms in total. The van der Waals surface area contributed by atoms with Crippen LogP contribution >= 0.6 is 12.2 Å². The second kappa shape index (κ2) is 7.92. The summed E-state index contributed by atoms with van der Waals surface area (Å²) in [5.74, 6) is 1.14. The molecule has 0 bridgehead atoms. The van der Waals surface area contributed by atoms with Crippen LogP contribution in [0.5, 0.6) is 5.75 Å². The van der Waals surface area contributed by atoms with E-state index in [9.17, 15) is 4.79 Å². The molecule has 148 valence electrons. The van der Waals surface area contributed by atoms with Gasteiger partial charge in [0.1, 0.15) is 17.6 Å². The van der Waals surface area contributed by atoms with E-state index in [1.165, 1.54) is 6.92 Å². The van der Waals surface area contributed by atoms with Crippen molar-refractivity contribution in [3.05, 3.63) is 72.4 Å². The van der Waals surface area contributed by atoms with E-state index in [1.807, 2.05) is 47.4 Å². The summed E-state index contributed by atoms with van der Waals surface area (Å²) in [6.45, 7) is 1.46. The SMILES string of the molecule is COc1ccc(N2C(=S)NC(c3ccccn3)C2c2ccco2)cc1NC(C)=O. The number of carbonyl (C=O) groups is 1. The van der Waals surface area contributed by atoms with E-state index in [2.05, 4.69) is 15.6 Å². The highest BCUT2D eigenvalue weighted by molar-refractivity contribution is 7.80. The number of furan rings is 1. The fourth-order valence-corrected chi connectivity index (χ4v) is 3.86. The molecule has 0 aliphatic carbocycles. The van der Waals surface area contributed by atoms with Gasteiger partial charge in [-0.25, -0.2) is 0 Å². The Balaban J connectivity index is 1.79. The highest BCUT2D eigenvalue weighted by Gasteiger charge is 2.42. The topological polar surface area (TPSA) is 79.6 Å². The maximum Gasteiger partial charge on any atom is 0.221 e. The summed E-state index contributed by atoms with van der Waals surface area (Å²) >= 11 is 5.67. The molecule has 1 aliphatic rings. The van der Waals surface area contributed by atoms with Gasteiger partial charge in [0.2, 0.25) is 5.91 Å². The molecule has 1 amide bonds. The van der Waals surface area contributed by atoms with Crippen molar-refractivity contribution in [1.29, 1.82) is 0 Å². The third kappa shape index (κ3) is 3.66. The van der Waals surface area contributed by atoms with Crippen LogP contribution in [0.2, 0.25) is 0 Å². The number of nitrogens with zero attached hydrogens (tertiary/aromatic N) is 2. The van der Waals surface area contributed by atoms with E-state index < -0.39 is 0 Å². The van der Waals surface area contributed by atoms with Gasteiger partial charge in [-0.05, 0) is 54.7 Å². The number of pyridine rings is 1. The van der Waals surface area contributed by atoms with Crippen LogP contribution in [0.3, 0.4) is 0 Å². The zero-order chi connectivity index (χ0) is 20.4. The number of aromatic nitrogens is 1. The van der Waals surface area contributed by atoms with Crippen LogP contribution < -0.4 is 20.3 Å². The zero-order valence-corrected chi connectivity index (χ0v) is 16.8. The Kier molecular flexibility index (Phi) is 5.18. The Morgan fingerprint density at radius 2 is 2.14 bits per heavy atom. The Morgan fingerprint density at radius 3 is 2.79 bits per heavy atom. The minimum Gasteiger partial charge on any atom is -0.495 e. The van der Waals surface area contributed by atoms with E-state index in [0.29, 0.717) is 16.5 Å². The Hall–Kier alpha value is -3.39. The summed E-state index contributed by atoms with van der Waals surface area (Å²) in [5.41, 5.74) is 2.22. The first-order valence-electron chi connectivity index (χ1n) is 9.08. The van der Waals surface area contributed by atoms with Crippen molar-refractivity contribution in [2.24, 2.45) is 0 Å². The quantitative estimate of drug-likeness (QED) is 0.621. The van der Waals surface area contributed by atoms with E-state index in [1.54, 1.807) is 25.6 Å². The third-order valence-electron chi connectivity index (χ3n) is 4.70. The second-order valence-electron chi connectivity index (χ2n) is 6.58. The normalized spacial score (nSPS) is 18.4. The lowest BCUT2D eigenvalue weighted by Gasteiger charge is -2.26. The molecule has 1 fully saturated rings. The Bertz CT molecular complexity index is 1020. The highest BCUT2D eigenvalue weighted by Crippen LogP contribution is 2.43. The number of nitrogens with one attached hydrogen (secondary N) is 2. The largest absolute Gasteiger partial charge is 0.495 e. The number of amides is 1. The number of thiocarbonyl (C=S) groups is 1. The van der Waals surface area contributed by atoms with Crippen LogP contribution in [0.1, 0.15) is 30.5 Å². The number of methoxy groups -OCH3 is 1. The first kappa shape index (κ1) is 18.9. The molecule has 1 aromatic carbocycles. The first-order chi connectivity index (χ1) is 14.1. The molecular formula is C21H20N4O3S. The lowest BCUT2D eigenvalue weighted by molar-refractivity contribution is -0.114. The average molecular weight is 408 g/mol. The number of rotatable bonds is 5. The first-order valence-corrected chi connectivity index (χ1v) is 9.49. The molecule has 0 radical (unpaired) electrons. The second-order valence-corrected chi connectivity index (χ2v) is 6.96. The van der Waals surface area contributed by atoms with Crippen LogP contribution in [0.4, 0.5) is 11.4 Å². The predicted octanol–water partition coefficient (Wildman–Crippen LogP) is 3.82. The number of anilines is 2. The molecule has 2 unspecified atom stereocenters. The monoisotopic (exact) mass is 408 g/mol. The van der Waals surface area contributed by atoms with E-state index >= 15 is 0 Å². The van der Waals surface area contributed by atoms with Gasteiger partial charge in [0.25, 0.3) is 0 Å². The van der Waals surface area contributed by atoms with Gasteiger partial charge in [-0.3, -0.25) is 9.78 Å². The van der Waals surface area contributed by atoms with Crippen molar-refractivity contribution in [1.82, 2.24) is 10.3 Å². The van der Waals surface area contributed by atoms with E-state index in [4.69, 9.17) is 21.4 Å². The maximum atomic E-state index is 11.6. The summed E-state index contributed by atoms with van der Waals surface area (Å²) in [4.78, 5) is 18.1. The lowest BCUT2D eigenvalue weighted by atomic mass is 10.0. The molecule has 1 saturated heterocycles. The summed E-state index contributed by atoms with van der Waals surface area (Å²) in [6.07, 6.45) is 3.39. The molecule has 8 heteroatoms. The molecule has 29 heavy (non-hydrogen) atoms. The summed E-state index contributed by atoms with van der Waals surface area (Å²) in [7, 11) is 1.56. The van der Waals surface area contributed by atoms with Crippen LogP contribution in [-0.2, 0) is 4.79 Å². The molecule has 3 aromatic rings. The van der Waals surface area contributed by atoms with E-state index in [0.717, 1.165) is 17.1 Å². The number of benzene rings is 1. The fourth-order valence-electron chi connectivity index (χ4n) is 3.51. The van der Waals surface area contributed by atoms with Crippen molar-refractivity contribution in [2.75, 3.05) is 17.3 Å². The summed E-state index contributed by atoms with van der Waals surface area (Å²) in [5, 5.41) is 6.71. The molecule has 0 spiro atoms. The molecule has 3 heterocycles. The zero-order valence-electron chi connectivity index (χ0n) is 16.0. The van der Waals surface area contributed by atoms with Crippen LogP contribution in [0.25, 0.3) is 0 Å². The molecular weight excluding hydrogens is 388 g/mol. The standard InChI is InChI=1S/C21H20N4O3S/c1-13(26)23-16-12-14(8-9-17(16)27-2)25-20(18-7-5-11-28-18)19(24-21(25)29)15-6-3-4-10-22-15/h3-12,19-20H,1-2H3,(H,23,26)(H,24,29). The molecule has 0 saturated carbocycles. The van der Waals surface area contributed by atoms with Crippen molar-refractivity contribution in [3.63, 3.8) is 0 Å². The smallest absolute Gasteiger partial charge is 0.221 e. The van der Waals surface area contributed by atoms with Crippen molar-refractivity contribution in [3.8, 4) is 5.75 Å². The number of ether oxygens (including phenoxy) is 1. The van der Waals surface area contributed by atoms with Gasteiger partial charge < -0.3 is 24.7 Å². The Labute approximate surface area is 173 Å². The van der Waals surface area contributed by atoms with Gasteiger partial charge in [-0.2, -0.15) is 0 Å². The molecule has 4 rings (SSSR count). The number of hydrogen-bond acceptors (Lipinski definition) is 5. The van der Waals surface area contributed by atoms with Gasteiger partial charge in [0.05, 0.1) is 30.8 Å². The Morgan fingerprint density at radius 1 is 1.28 bits per heavy atom. The van der Waals surface area contributed by atoms with Gasteiger partial charge in [0.15, 0.2) is 5.11 Å². The van der Waals surface area contributed by atoms with Crippen molar-refractivity contribution < 1.29 is 13.9 Å².